The average Bonchev–Trinajstić information content (AvgIpc) is 2.64. The third-order valence-corrected chi connectivity index (χ3v) is 3.33. The number of nitrogens with one attached hydrogen (secondary N) is 2. The van der Waals surface area contributed by atoms with Crippen LogP contribution in [0.3, 0.4) is 0 Å². The molecule has 2 aromatic rings. The molecule has 0 fully saturated rings. The summed E-state index contributed by atoms with van der Waals surface area (Å²) in [5, 5.41) is 5.55. The number of pyridine rings is 1. The summed E-state index contributed by atoms with van der Waals surface area (Å²) in [4.78, 5) is 27.7. The highest BCUT2D eigenvalue weighted by Gasteiger charge is 2.06. The topological polar surface area (TPSA) is 80.3 Å². The lowest BCUT2D eigenvalue weighted by atomic mass is 10.2. The van der Waals surface area contributed by atoms with E-state index >= 15 is 0 Å². The Balaban J connectivity index is 1.90. The molecule has 1 aromatic carbocycles. The quantitative estimate of drug-likeness (QED) is 0.714. The molecule has 6 heteroatoms. The Labute approximate surface area is 153 Å². The maximum absolute atomic E-state index is 12.0. The minimum absolute atomic E-state index is 0.0600. The molecule has 2 amide bonds. The van der Waals surface area contributed by atoms with Gasteiger partial charge in [-0.2, -0.15) is 0 Å². The maximum atomic E-state index is 12.0. The fourth-order valence-electron chi connectivity index (χ4n) is 2.17. The van der Waals surface area contributed by atoms with Gasteiger partial charge in [0.05, 0.1) is 0 Å². The van der Waals surface area contributed by atoms with Gasteiger partial charge < -0.3 is 15.4 Å². The van der Waals surface area contributed by atoms with Crippen LogP contribution in [0.15, 0.2) is 54.9 Å². The summed E-state index contributed by atoms with van der Waals surface area (Å²) in [5.41, 5.74) is 1.65. The third kappa shape index (κ3) is 6.76. The number of carbonyl (C=O) groups excluding carboxylic acids is 2. The number of ether oxygens (including phenoxy) is 1. The van der Waals surface area contributed by atoms with Crippen molar-refractivity contribution in [3.05, 3.63) is 66.0 Å². The Morgan fingerprint density at radius 2 is 2.00 bits per heavy atom. The zero-order chi connectivity index (χ0) is 18.8. The number of rotatable bonds is 8. The van der Waals surface area contributed by atoms with E-state index in [9.17, 15) is 9.59 Å². The van der Waals surface area contributed by atoms with Crippen molar-refractivity contribution in [3.8, 4) is 5.75 Å². The second-order valence-electron chi connectivity index (χ2n) is 5.96. The fourth-order valence-corrected chi connectivity index (χ4v) is 2.17. The maximum Gasteiger partial charge on any atom is 0.258 e. The van der Waals surface area contributed by atoms with E-state index in [0.29, 0.717) is 12.3 Å². The summed E-state index contributed by atoms with van der Waals surface area (Å²) in [7, 11) is 0. The number of benzene rings is 1. The van der Waals surface area contributed by atoms with E-state index in [-0.39, 0.29) is 24.5 Å². The standard InChI is InChI=1S/C20H23N3O3/c1-15(2)23-20(25)14-26-18-8-4-3-7-17(18)9-10-19(24)22-13-16-6-5-11-21-12-16/h3-12,15H,13-14H2,1-2H3,(H,22,24)(H,23,25)/b10-9+. The number of hydrogen-bond acceptors (Lipinski definition) is 4. The second kappa shape index (κ2) is 9.98. The molecule has 0 saturated carbocycles. The molecule has 1 aromatic heterocycles. The Morgan fingerprint density at radius 3 is 2.73 bits per heavy atom. The minimum Gasteiger partial charge on any atom is -0.483 e. The van der Waals surface area contributed by atoms with Crippen LogP contribution in [0, 0.1) is 0 Å². The summed E-state index contributed by atoms with van der Waals surface area (Å²) >= 11 is 0. The molecule has 0 aliphatic rings. The van der Waals surface area contributed by atoms with Gasteiger partial charge in [0, 0.05) is 36.6 Å². The molecule has 0 bridgehead atoms. The highest BCUT2D eigenvalue weighted by molar-refractivity contribution is 5.92. The smallest absolute Gasteiger partial charge is 0.258 e. The van der Waals surface area contributed by atoms with Gasteiger partial charge in [-0.3, -0.25) is 14.6 Å². The van der Waals surface area contributed by atoms with Crippen LogP contribution in [-0.2, 0) is 16.1 Å². The van der Waals surface area contributed by atoms with E-state index in [1.807, 2.05) is 44.2 Å². The largest absolute Gasteiger partial charge is 0.483 e. The predicted octanol–water partition coefficient (Wildman–Crippen LogP) is 2.31. The van der Waals surface area contributed by atoms with Crippen molar-refractivity contribution in [3.63, 3.8) is 0 Å². The first-order valence-corrected chi connectivity index (χ1v) is 8.40. The zero-order valence-electron chi connectivity index (χ0n) is 14.9. The zero-order valence-corrected chi connectivity index (χ0v) is 14.9. The summed E-state index contributed by atoms with van der Waals surface area (Å²) in [6.45, 7) is 4.11. The lowest BCUT2D eigenvalue weighted by Crippen LogP contribution is -2.34. The van der Waals surface area contributed by atoms with Crippen LogP contribution in [0.4, 0.5) is 0 Å². The molecule has 2 N–H and O–H groups in total. The van der Waals surface area contributed by atoms with Gasteiger partial charge in [0.1, 0.15) is 5.75 Å². The van der Waals surface area contributed by atoms with Crippen molar-refractivity contribution in [1.29, 1.82) is 0 Å². The fraction of sp³-hybridized carbons (Fsp3) is 0.250. The first-order valence-electron chi connectivity index (χ1n) is 8.40. The van der Waals surface area contributed by atoms with Gasteiger partial charge in [-0.1, -0.05) is 24.3 Å². The third-order valence-electron chi connectivity index (χ3n) is 3.33. The van der Waals surface area contributed by atoms with Crippen LogP contribution in [0.5, 0.6) is 5.75 Å². The Bertz CT molecular complexity index is 758. The Morgan fingerprint density at radius 1 is 1.19 bits per heavy atom. The van der Waals surface area contributed by atoms with Crippen LogP contribution in [0.1, 0.15) is 25.0 Å². The van der Waals surface area contributed by atoms with Gasteiger partial charge in [0.25, 0.3) is 5.91 Å². The van der Waals surface area contributed by atoms with Crippen molar-refractivity contribution >= 4 is 17.9 Å². The summed E-state index contributed by atoms with van der Waals surface area (Å²) in [6, 6.07) is 11.0. The number of hydrogen-bond donors (Lipinski definition) is 2. The van der Waals surface area contributed by atoms with Crippen LogP contribution in [-0.4, -0.2) is 29.4 Å². The lowest BCUT2D eigenvalue weighted by Gasteiger charge is -2.11. The molecule has 136 valence electrons. The molecule has 0 radical (unpaired) electrons. The molecule has 0 atom stereocenters. The number of nitrogens with zero attached hydrogens (tertiary/aromatic N) is 1. The van der Waals surface area contributed by atoms with Crippen molar-refractivity contribution < 1.29 is 14.3 Å². The number of para-hydroxylation sites is 1. The molecule has 0 aliphatic carbocycles. The molecule has 0 saturated heterocycles. The predicted molar refractivity (Wildman–Crippen MR) is 100 cm³/mol. The van der Waals surface area contributed by atoms with Crippen LogP contribution in [0.2, 0.25) is 0 Å². The lowest BCUT2D eigenvalue weighted by molar-refractivity contribution is -0.123. The van der Waals surface area contributed by atoms with E-state index in [1.165, 1.54) is 6.08 Å². The van der Waals surface area contributed by atoms with Crippen molar-refractivity contribution in [2.75, 3.05) is 6.61 Å². The normalized spacial score (nSPS) is 10.7. The summed E-state index contributed by atoms with van der Waals surface area (Å²) in [5.74, 6) is 0.136. The minimum atomic E-state index is -0.221. The van der Waals surface area contributed by atoms with E-state index in [0.717, 1.165) is 11.1 Å². The first-order chi connectivity index (χ1) is 12.5. The van der Waals surface area contributed by atoms with Crippen molar-refractivity contribution in [2.45, 2.75) is 26.4 Å². The monoisotopic (exact) mass is 353 g/mol. The molecular formula is C20H23N3O3. The van der Waals surface area contributed by atoms with E-state index in [4.69, 9.17) is 4.74 Å². The highest BCUT2D eigenvalue weighted by atomic mass is 16.5. The van der Waals surface area contributed by atoms with E-state index in [2.05, 4.69) is 15.6 Å². The molecule has 0 unspecified atom stereocenters. The number of aromatic nitrogens is 1. The van der Waals surface area contributed by atoms with Gasteiger partial charge in [-0.25, -0.2) is 0 Å². The van der Waals surface area contributed by atoms with Gasteiger partial charge in [-0.15, -0.1) is 0 Å². The van der Waals surface area contributed by atoms with Gasteiger partial charge in [-0.05, 0) is 37.6 Å². The molecule has 2 rings (SSSR count). The Hall–Kier alpha value is -3.15. The van der Waals surface area contributed by atoms with Crippen LogP contribution < -0.4 is 15.4 Å². The average molecular weight is 353 g/mol. The molecule has 1 heterocycles. The second-order valence-corrected chi connectivity index (χ2v) is 5.96. The number of amides is 2. The summed E-state index contributed by atoms with van der Waals surface area (Å²) < 4.78 is 5.56. The van der Waals surface area contributed by atoms with E-state index < -0.39 is 0 Å². The van der Waals surface area contributed by atoms with Gasteiger partial charge >= 0.3 is 0 Å². The van der Waals surface area contributed by atoms with Gasteiger partial charge in [0.2, 0.25) is 5.91 Å². The Kier molecular flexibility index (Phi) is 7.36. The summed E-state index contributed by atoms with van der Waals surface area (Å²) in [6.07, 6.45) is 6.49. The molecule has 6 nitrogen and oxygen atoms in total. The van der Waals surface area contributed by atoms with Gasteiger partial charge in [0.15, 0.2) is 6.61 Å². The molecular weight excluding hydrogens is 330 g/mol. The highest BCUT2D eigenvalue weighted by Crippen LogP contribution is 2.19. The van der Waals surface area contributed by atoms with Crippen molar-refractivity contribution in [1.82, 2.24) is 15.6 Å². The van der Waals surface area contributed by atoms with Crippen molar-refractivity contribution in [2.24, 2.45) is 0 Å². The van der Waals surface area contributed by atoms with Crippen LogP contribution >= 0.6 is 0 Å². The van der Waals surface area contributed by atoms with Crippen LogP contribution in [0.25, 0.3) is 6.08 Å². The SMILES string of the molecule is CC(C)NC(=O)COc1ccccc1/C=C/C(=O)NCc1cccnc1. The molecule has 0 aliphatic heterocycles. The van der Waals surface area contributed by atoms with E-state index in [1.54, 1.807) is 24.5 Å². The first kappa shape index (κ1) is 19.2. The number of carbonyl (C=O) groups is 2. The molecule has 0 spiro atoms. The molecule has 26 heavy (non-hydrogen) atoms.